The first kappa shape index (κ1) is 15.2. The van der Waals surface area contributed by atoms with Gasteiger partial charge in [0.05, 0.1) is 4.83 Å². The lowest BCUT2D eigenvalue weighted by Crippen LogP contribution is -2.39. The van der Waals surface area contributed by atoms with E-state index in [1.165, 1.54) is 5.57 Å². The Balaban J connectivity index is 1.73. The summed E-state index contributed by atoms with van der Waals surface area (Å²) in [5.41, 5.74) is 3.04. The first-order chi connectivity index (χ1) is 10.6. The summed E-state index contributed by atoms with van der Waals surface area (Å²) in [7, 11) is 1.80. The van der Waals surface area contributed by atoms with Gasteiger partial charge in [0.1, 0.15) is 11.5 Å². The summed E-state index contributed by atoms with van der Waals surface area (Å²) in [5, 5.41) is 6.42. The number of anilines is 1. The molecule has 0 saturated carbocycles. The minimum absolute atomic E-state index is 0.0114. The standard InChI is InChI=1S/C16H19BrN4O/c1-21-10-13(17)8-14(16(21)22)20-15-3-2-12(9-19-15)11-4-6-18-7-5-11/h2-4,8-9,13,18H,5-7,10H2,1H3,(H,19,20). The fourth-order valence-electron chi connectivity index (χ4n) is 2.63. The van der Waals surface area contributed by atoms with Gasteiger partial charge in [0.2, 0.25) is 0 Å². The molecule has 1 amide bonds. The third kappa shape index (κ3) is 3.39. The first-order valence-electron chi connectivity index (χ1n) is 7.38. The molecule has 1 aromatic rings. The third-order valence-corrected chi connectivity index (χ3v) is 4.39. The Hall–Kier alpha value is -1.66. The van der Waals surface area contributed by atoms with Crippen molar-refractivity contribution >= 4 is 33.2 Å². The molecule has 0 bridgehead atoms. The van der Waals surface area contributed by atoms with Gasteiger partial charge in [-0.3, -0.25) is 4.79 Å². The number of carbonyl (C=O) groups excluding carboxylic acids is 1. The number of nitrogens with one attached hydrogen (secondary N) is 2. The second kappa shape index (κ2) is 6.62. The lowest BCUT2D eigenvalue weighted by atomic mass is 10.0. The van der Waals surface area contributed by atoms with Crippen molar-refractivity contribution in [1.82, 2.24) is 15.2 Å². The lowest BCUT2D eigenvalue weighted by Gasteiger charge is -2.26. The number of halogens is 1. The molecule has 3 rings (SSSR count). The van der Waals surface area contributed by atoms with Crippen LogP contribution in [0.3, 0.4) is 0 Å². The maximum absolute atomic E-state index is 12.1. The van der Waals surface area contributed by atoms with Crippen LogP contribution in [-0.2, 0) is 4.79 Å². The predicted molar refractivity (Wildman–Crippen MR) is 91.8 cm³/mol. The van der Waals surface area contributed by atoms with Crippen molar-refractivity contribution in [2.75, 3.05) is 32.0 Å². The van der Waals surface area contributed by atoms with Crippen LogP contribution in [0.4, 0.5) is 5.82 Å². The summed E-state index contributed by atoms with van der Waals surface area (Å²) in [5.74, 6) is 0.676. The number of pyridine rings is 1. The molecule has 0 saturated heterocycles. The van der Waals surface area contributed by atoms with Crippen LogP contribution in [-0.4, -0.2) is 47.3 Å². The van der Waals surface area contributed by atoms with Crippen molar-refractivity contribution in [2.24, 2.45) is 0 Å². The third-order valence-electron chi connectivity index (χ3n) is 3.83. The van der Waals surface area contributed by atoms with Crippen LogP contribution in [0.5, 0.6) is 0 Å². The summed E-state index contributed by atoms with van der Waals surface area (Å²) < 4.78 is 0. The highest BCUT2D eigenvalue weighted by Crippen LogP contribution is 2.21. The smallest absolute Gasteiger partial charge is 0.269 e. The predicted octanol–water partition coefficient (Wildman–Crippen LogP) is 1.99. The van der Waals surface area contributed by atoms with E-state index in [4.69, 9.17) is 0 Å². The number of hydrogen-bond acceptors (Lipinski definition) is 4. The second-order valence-electron chi connectivity index (χ2n) is 5.52. The van der Waals surface area contributed by atoms with Crippen molar-refractivity contribution in [1.29, 1.82) is 0 Å². The van der Waals surface area contributed by atoms with Gasteiger partial charge in [-0.05, 0) is 42.3 Å². The minimum Gasteiger partial charge on any atom is -0.339 e. The van der Waals surface area contributed by atoms with E-state index in [0.717, 1.165) is 25.1 Å². The monoisotopic (exact) mass is 362 g/mol. The molecule has 0 aromatic carbocycles. The van der Waals surface area contributed by atoms with Crippen molar-refractivity contribution in [3.8, 4) is 0 Å². The normalized spacial score (nSPS) is 22.2. The Morgan fingerprint density at radius 3 is 3.00 bits per heavy atom. The number of aromatic nitrogens is 1. The molecule has 22 heavy (non-hydrogen) atoms. The molecule has 2 aliphatic heterocycles. The SMILES string of the molecule is CN1CC(Br)C=C(Nc2ccc(C3=CCNCC3)cn2)C1=O. The molecule has 1 unspecified atom stereocenters. The van der Waals surface area contributed by atoms with Crippen molar-refractivity contribution in [2.45, 2.75) is 11.2 Å². The highest BCUT2D eigenvalue weighted by Gasteiger charge is 2.23. The van der Waals surface area contributed by atoms with Crippen LogP contribution in [0.25, 0.3) is 5.57 Å². The van der Waals surface area contributed by atoms with E-state index >= 15 is 0 Å². The summed E-state index contributed by atoms with van der Waals surface area (Å²) in [4.78, 5) is 18.4. The van der Waals surface area contributed by atoms with Gasteiger partial charge in [0.15, 0.2) is 0 Å². The number of rotatable bonds is 3. The molecule has 0 spiro atoms. The van der Waals surface area contributed by atoms with Gasteiger partial charge in [-0.2, -0.15) is 0 Å². The molecule has 1 atom stereocenters. The Bertz CT molecular complexity index is 624. The maximum Gasteiger partial charge on any atom is 0.269 e. The van der Waals surface area contributed by atoms with Gasteiger partial charge >= 0.3 is 0 Å². The fraction of sp³-hybridized carbons (Fsp3) is 0.375. The molecular weight excluding hydrogens is 344 g/mol. The number of alkyl halides is 1. The van der Waals surface area contributed by atoms with Crippen LogP contribution in [0, 0.1) is 0 Å². The van der Waals surface area contributed by atoms with Gasteiger partial charge in [0, 0.05) is 26.3 Å². The molecule has 2 N–H and O–H groups in total. The first-order valence-corrected chi connectivity index (χ1v) is 8.29. The summed E-state index contributed by atoms with van der Waals surface area (Å²) in [6.45, 7) is 2.60. The Kier molecular flexibility index (Phi) is 4.59. The molecule has 1 aromatic heterocycles. The number of hydrogen-bond donors (Lipinski definition) is 2. The zero-order valence-electron chi connectivity index (χ0n) is 12.5. The molecule has 116 valence electrons. The van der Waals surface area contributed by atoms with Gasteiger partial charge in [-0.1, -0.05) is 22.0 Å². The van der Waals surface area contributed by atoms with Gasteiger partial charge < -0.3 is 15.5 Å². The van der Waals surface area contributed by atoms with E-state index in [1.807, 2.05) is 18.3 Å². The van der Waals surface area contributed by atoms with Crippen LogP contribution in [0.15, 0.2) is 36.2 Å². The van der Waals surface area contributed by atoms with Gasteiger partial charge in [-0.15, -0.1) is 0 Å². The van der Waals surface area contributed by atoms with Crippen molar-refractivity contribution in [3.05, 3.63) is 41.7 Å². The summed E-state index contributed by atoms with van der Waals surface area (Å²) in [6.07, 6.45) is 6.98. The second-order valence-corrected chi connectivity index (χ2v) is 6.70. The van der Waals surface area contributed by atoms with E-state index in [1.54, 1.807) is 11.9 Å². The molecule has 3 heterocycles. The van der Waals surface area contributed by atoms with Crippen LogP contribution in [0.2, 0.25) is 0 Å². The highest BCUT2D eigenvalue weighted by atomic mass is 79.9. The van der Waals surface area contributed by atoms with Crippen molar-refractivity contribution in [3.63, 3.8) is 0 Å². The fourth-order valence-corrected chi connectivity index (χ4v) is 3.33. The van der Waals surface area contributed by atoms with Gasteiger partial charge in [0.25, 0.3) is 5.91 Å². The number of carbonyl (C=O) groups is 1. The quantitative estimate of drug-likeness (QED) is 0.807. The molecule has 2 aliphatic rings. The number of amides is 1. The van der Waals surface area contributed by atoms with E-state index in [-0.39, 0.29) is 10.7 Å². The summed E-state index contributed by atoms with van der Waals surface area (Å²) >= 11 is 3.53. The van der Waals surface area contributed by atoms with Crippen molar-refractivity contribution < 1.29 is 4.79 Å². The molecular formula is C16H19BrN4O. The van der Waals surface area contributed by atoms with Gasteiger partial charge in [-0.25, -0.2) is 4.98 Å². The van der Waals surface area contributed by atoms with E-state index in [2.05, 4.69) is 43.7 Å². The molecule has 0 radical (unpaired) electrons. The Morgan fingerprint density at radius 2 is 2.32 bits per heavy atom. The molecule has 0 aliphatic carbocycles. The van der Waals surface area contributed by atoms with E-state index in [9.17, 15) is 4.79 Å². The summed E-state index contributed by atoms with van der Waals surface area (Å²) in [6, 6.07) is 3.97. The minimum atomic E-state index is -0.0114. The van der Waals surface area contributed by atoms with Crippen LogP contribution in [0.1, 0.15) is 12.0 Å². The average Bonchev–Trinajstić information content (AvgIpc) is 2.54. The molecule has 5 nitrogen and oxygen atoms in total. The van der Waals surface area contributed by atoms with Crippen LogP contribution >= 0.6 is 15.9 Å². The molecule has 0 fully saturated rings. The Morgan fingerprint density at radius 1 is 1.45 bits per heavy atom. The maximum atomic E-state index is 12.1. The largest absolute Gasteiger partial charge is 0.339 e. The zero-order valence-corrected chi connectivity index (χ0v) is 14.1. The average molecular weight is 363 g/mol. The number of nitrogens with zero attached hydrogens (tertiary/aromatic N) is 2. The number of likely N-dealkylation sites (N-methyl/N-ethyl adjacent to an activating group) is 1. The topological polar surface area (TPSA) is 57.3 Å². The highest BCUT2D eigenvalue weighted by molar-refractivity contribution is 9.09. The zero-order chi connectivity index (χ0) is 15.5. The van der Waals surface area contributed by atoms with Crippen LogP contribution < -0.4 is 10.6 Å². The van der Waals surface area contributed by atoms with E-state index < -0.39 is 0 Å². The lowest BCUT2D eigenvalue weighted by molar-refractivity contribution is -0.126. The molecule has 6 heteroatoms. The van der Waals surface area contributed by atoms with E-state index in [0.29, 0.717) is 18.1 Å². The Labute approximate surface area is 138 Å².